The lowest BCUT2D eigenvalue weighted by Crippen LogP contribution is -2.46. The second-order valence-corrected chi connectivity index (χ2v) is 5.13. The van der Waals surface area contributed by atoms with Crippen LogP contribution in [0.1, 0.15) is 47.0 Å². The van der Waals surface area contributed by atoms with Crippen LogP contribution in [0.2, 0.25) is 0 Å². The predicted molar refractivity (Wildman–Crippen MR) is 55.7 cm³/mol. The molecule has 2 N–H and O–H groups in total. The summed E-state index contributed by atoms with van der Waals surface area (Å²) in [6, 6.07) is 0.791. The average Bonchev–Trinajstić information content (AvgIpc) is 2.30. The van der Waals surface area contributed by atoms with E-state index in [2.05, 4.69) is 26.1 Å². The molecule has 2 heteroatoms. The van der Waals surface area contributed by atoms with Gasteiger partial charge in [0.15, 0.2) is 0 Å². The number of hydrogen-bond acceptors (Lipinski definition) is 2. The van der Waals surface area contributed by atoms with Crippen molar-refractivity contribution in [1.29, 1.82) is 0 Å². The molecule has 1 rings (SSSR count). The Labute approximate surface area is 81.7 Å². The second-order valence-electron chi connectivity index (χ2n) is 5.13. The molecule has 2 nitrogen and oxygen atoms in total. The monoisotopic (exact) mass is 185 g/mol. The van der Waals surface area contributed by atoms with E-state index in [4.69, 9.17) is 0 Å². The van der Waals surface area contributed by atoms with Crippen LogP contribution in [-0.4, -0.2) is 23.3 Å². The highest BCUT2D eigenvalue weighted by molar-refractivity contribution is 4.91. The molecule has 3 atom stereocenters. The highest BCUT2D eigenvalue weighted by atomic mass is 16.3. The Morgan fingerprint density at radius 2 is 2.00 bits per heavy atom. The third-order valence-corrected chi connectivity index (χ3v) is 3.44. The quantitative estimate of drug-likeness (QED) is 0.704. The van der Waals surface area contributed by atoms with Crippen molar-refractivity contribution in [2.24, 2.45) is 5.41 Å². The van der Waals surface area contributed by atoms with Gasteiger partial charge in [-0.05, 0) is 32.1 Å². The molecule has 0 aromatic rings. The molecule has 1 saturated carbocycles. The molecule has 0 bridgehead atoms. The first-order valence-electron chi connectivity index (χ1n) is 5.37. The van der Waals surface area contributed by atoms with Crippen molar-refractivity contribution in [3.05, 3.63) is 0 Å². The van der Waals surface area contributed by atoms with E-state index in [0.717, 1.165) is 0 Å². The van der Waals surface area contributed by atoms with Gasteiger partial charge in [-0.25, -0.2) is 0 Å². The lowest BCUT2D eigenvalue weighted by molar-refractivity contribution is 0.132. The zero-order valence-electron chi connectivity index (χ0n) is 9.30. The topological polar surface area (TPSA) is 32.3 Å². The van der Waals surface area contributed by atoms with Gasteiger partial charge in [0.05, 0.1) is 6.10 Å². The van der Waals surface area contributed by atoms with Crippen LogP contribution in [0.25, 0.3) is 0 Å². The van der Waals surface area contributed by atoms with Crippen molar-refractivity contribution < 1.29 is 5.11 Å². The molecule has 0 aromatic heterocycles. The van der Waals surface area contributed by atoms with E-state index in [1.807, 2.05) is 6.92 Å². The van der Waals surface area contributed by atoms with Gasteiger partial charge in [-0.3, -0.25) is 0 Å². The Kier molecular flexibility index (Phi) is 3.36. The van der Waals surface area contributed by atoms with Crippen LogP contribution in [0.3, 0.4) is 0 Å². The maximum absolute atomic E-state index is 9.39. The summed E-state index contributed by atoms with van der Waals surface area (Å²) in [5.74, 6) is 0. The van der Waals surface area contributed by atoms with E-state index in [1.54, 1.807) is 0 Å². The van der Waals surface area contributed by atoms with E-state index in [-0.39, 0.29) is 12.1 Å². The fourth-order valence-electron chi connectivity index (χ4n) is 2.09. The van der Waals surface area contributed by atoms with Gasteiger partial charge in [0.1, 0.15) is 0 Å². The second kappa shape index (κ2) is 3.97. The third kappa shape index (κ3) is 2.68. The Hall–Kier alpha value is -0.0800. The molecule has 0 spiro atoms. The molecule has 0 radical (unpaired) electrons. The molecule has 78 valence electrons. The van der Waals surface area contributed by atoms with Gasteiger partial charge < -0.3 is 10.4 Å². The van der Waals surface area contributed by atoms with Crippen LogP contribution in [-0.2, 0) is 0 Å². The van der Waals surface area contributed by atoms with Crippen molar-refractivity contribution in [2.75, 3.05) is 0 Å². The molecule has 13 heavy (non-hydrogen) atoms. The van der Waals surface area contributed by atoms with Crippen LogP contribution >= 0.6 is 0 Å². The number of aliphatic hydroxyl groups excluding tert-OH is 1. The molecule has 1 aliphatic carbocycles. The van der Waals surface area contributed by atoms with Gasteiger partial charge in [0, 0.05) is 12.1 Å². The highest BCUT2D eigenvalue weighted by Gasteiger charge is 2.35. The molecular weight excluding hydrogens is 162 g/mol. The molecular formula is C11H23NO. The van der Waals surface area contributed by atoms with E-state index in [9.17, 15) is 5.11 Å². The standard InChI is InChI=1S/C11H23NO/c1-8(9(2)13)12-10-6-5-7-11(10,3)4/h8-10,12-13H,5-7H2,1-4H3. The Bertz CT molecular complexity index is 165. The summed E-state index contributed by atoms with van der Waals surface area (Å²) in [5.41, 5.74) is 0.406. The average molecular weight is 185 g/mol. The maximum Gasteiger partial charge on any atom is 0.0662 e. The summed E-state index contributed by atoms with van der Waals surface area (Å²) in [4.78, 5) is 0. The summed E-state index contributed by atoms with van der Waals surface area (Å²) < 4.78 is 0. The minimum Gasteiger partial charge on any atom is -0.392 e. The molecule has 0 amide bonds. The largest absolute Gasteiger partial charge is 0.392 e. The molecule has 0 aliphatic heterocycles. The van der Waals surface area contributed by atoms with Crippen LogP contribution in [0.4, 0.5) is 0 Å². The minimum atomic E-state index is -0.253. The smallest absolute Gasteiger partial charge is 0.0662 e. The summed E-state index contributed by atoms with van der Waals surface area (Å²) >= 11 is 0. The zero-order chi connectivity index (χ0) is 10.1. The van der Waals surface area contributed by atoms with Crippen molar-refractivity contribution in [1.82, 2.24) is 5.32 Å². The van der Waals surface area contributed by atoms with E-state index in [0.29, 0.717) is 11.5 Å². The summed E-state index contributed by atoms with van der Waals surface area (Å²) in [7, 11) is 0. The Balaban J connectivity index is 2.45. The number of rotatable bonds is 3. The highest BCUT2D eigenvalue weighted by Crippen LogP contribution is 2.37. The fraction of sp³-hybridized carbons (Fsp3) is 1.00. The maximum atomic E-state index is 9.39. The van der Waals surface area contributed by atoms with Crippen molar-refractivity contribution in [3.63, 3.8) is 0 Å². The predicted octanol–water partition coefficient (Wildman–Crippen LogP) is 1.92. The Morgan fingerprint density at radius 1 is 1.38 bits per heavy atom. The van der Waals surface area contributed by atoms with Gasteiger partial charge in [0.2, 0.25) is 0 Å². The van der Waals surface area contributed by atoms with Crippen LogP contribution in [0.5, 0.6) is 0 Å². The van der Waals surface area contributed by atoms with Gasteiger partial charge >= 0.3 is 0 Å². The van der Waals surface area contributed by atoms with Gasteiger partial charge in [-0.15, -0.1) is 0 Å². The number of aliphatic hydroxyl groups is 1. The van der Waals surface area contributed by atoms with Gasteiger partial charge in [-0.2, -0.15) is 0 Å². The normalized spacial score (nSPS) is 31.6. The zero-order valence-corrected chi connectivity index (χ0v) is 9.30. The van der Waals surface area contributed by atoms with Crippen LogP contribution < -0.4 is 5.32 Å². The van der Waals surface area contributed by atoms with E-state index in [1.165, 1.54) is 19.3 Å². The van der Waals surface area contributed by atoms with Crippen LogP contribution in [0.15, 0.2) is 0 Å². The van der Waals surface area contributed by atoms with Crippen LogP contribution in [0, 0.1) is 5.41 Å². The molecule has 1 aliphatic rings. The van der Waals surface area contributed by atoms with E-state index < -0.39 is 0 Å². The van der Waals surface area contributed by atoms with E-state index >= 15 is 0 Å². The minimum absolute atomic E-state index is 0.211. The van der Waals surface area contributed by atoms with Gasteiger partial charge in [-0.1, -0.05) is 20.3 Å². The molecule has 1 fully saturated rings. The molecule has 0 heterocycles. The van der Waals surface area contributed by atoms with Crippen molar-refractivity contribution in [2.45, 2.75) is 65.1 Å². The fourth-order valence-corrected chi connectivity index (χ4v) is 2.09. The SMILES string of the molecule is CC(O)C(C)NC1CCCC1(C)C. The van der Waals surface area contributed by atoms with Crippen molar-refractivity contribution in [3.8, 4) is 0 Å². The summed E-state index contributed by atoms with van der Waals surface area (Å²) in [5, 5.41) is 12.9. The lowest BCUT2D eigenvalue weighted by Gasteiger charge is -2.31. The first kappa shape index (κ1) is 11.0. The molecule has 3 unspecified atom stereocenters. The summed E-state index contributed by atoms with van der Waals surface area (Å²) in [6.45, 7) is 8.53. The molecule has 0 saturated heterocycles. The third-order valence-electron chi connectivity index (χ3n) is 3.44. The van der Waals surface area contributed by atoms with Gasteiger partial charge in [0.25, 0.3) is 0 Å². The number of hydrogen-bond donors (Lipinski definition) is 2. The summed E-state index contributed by atoms with van der Waals surface area (Å²) in [6.07, 6.45) is 3.62. The Morgan fingerprint density at radius 3 is 2.38 bits per heavy atom. The first-order chi connectivity index (χ1) is 5.93. The lowest BCUT2D eigenvalue weighted by atomic mass is 9.87. The van der Waals surface area contributed by atoms with Crippen molar-refractivity contribution >= 4 is 0 Å². The molecule has 0 aromatic carbocycles. The number of nitrogens with one attached hydrogen (secondary N) is 1. The first-order valence-corrected chi connectivity index (χ1v) is 5.37.